The summed E-state index contributed by atoms with van der Waals surface area (Å²) in [6.45, 7) is 1.89. The molecule has 0 amide bonds. The number of nitro benzene ring substituents is 1. The number of hydrogen-bond donors (Lipinski definition) is 0. The van der Waals surface area contributed by atoms with E-state index in [1.54, 1.807) is 25.3 Å². The summed E-state index contributed by atoms with van der Waals surface area (Å²) in [5.41, 5.74) is 0.846. The quantitative estimate of drug-likeness (QED) is 0.635. The molecule has 7 heteroatoms. The first kappa shape index (κ1) is 15.3. The zero-order valence-electron chi connectivity index (χ0n) is 12.1. The molecule has 7 nitrogen and oxygen atoms in total. The third-order valence-corrected chi connectivity index (χ3v) is 3.28. The molecule has 0 radical (unpaired) electrons. The van der Waals surface area contributed by atoms with Crippen LogP contribution in [0.25, 0.3) is 0 Å². The molecule has 1 aromatic heterocycles. The van der Waals surface area contributed by atoms with E-state index in [-0.39, 0.29) is 29.1 Å². The number of ether oxygens (including phenoxy) is 1. The van der Waals surface area contributed by atoms with Gasteiger partial charge >= 0.3 is 5.69 Å². The van der Waals surface area contributed by atoms with E-state index < -0.39 is 4.92 Å². The van der Waals surface area contributed by atoms with Crippen molar-refractivity contribution in [1.29, 1.82) is 5.26 Å². The van der Waals surface area contributed by atoms with E-state index in [1.165, 1.54) is 23.8 Å². The van der Waals surface area contributed by atoms with Gasteiger partial charge < -0.3 is 9.30 Å². The number of pyridine rings is 1. The van der Waals surface area contributed by atoms with Crippen molar-refractivity contribution in [3.8, 4) is 11.8 Å². The van der Waals surface area contributed by atoms with Gasteiger partial charge in [-0.15, -0.1) is 0 Å². The maximum Gasteiger partial charge on any atom is 0.310 e. The number of aryl methyl sites for hydroxylation is 1. The minimum Gasteiger partial charge on any atom is -0.490 e. The van der Waals surface area contributed by atoms with Crippen LogP contribution in [0.3, 0.4) is 0 Å². The number of benzene rings is 1. The molecule has 0 fully saturated rings. The smallest absolute Gasteiger partial charge is 0.310 e. The molecule has 0 aliphatic carbocycles. The standard InChI is InChI=1S/C15H13N3O4/c1-10-5-6-17(15(19)12(10)8-16)9-11-3-4-13(18(20)21)14(7-11)22-2/h3-7H,9H2,1-2H3. The molecule has 0 saturated carbocycles. The Morgan fingerprint density at radius 3 is 2.73 bits per heavy atom. The van der Waals surface area contributed by atoms with Crippen LogP contribution in [-0.2, 0) is 6.54 Å². The van der Waals surface area contributed by atoms with Crippen molar-refractivity contribution in [3.63, 3.8) is 0 Å². The molecule has 0 unspecified atom stereocenters. The summed E-state index contributed by atoms with van der Waals surface area (Å²) in [4.78, 5) is 22.5. The maximum atomic E-state index is 12.2. The summed E-state index contributed by atoms with van der Waals surface area (Å²) in [7, 11) is 1.35. The second kappa shape index (κ2) is 6.10. The molecule has 2 aromatic rings. The fraction of sp³-hybridized carbons (Fsp3) is 0.200. The molecule has 0 spiro atoms. The second-order valence-corrected chi connectivity index (χ2v) is 4.68. The van der Waals surface area contributed by atoms with E-state index in [0.29, 0.717) is 11.1 Å². The molecule has 1 aromatic carbocycles. The fourth-order valence-corrected chi connectivity index (χ4v) is 2.09. The third kappa shape index (κ3) is 2.81. The van der Waals surface area contributed by atoms with Crippen LogP contribution in [-0.4, -0.2) is 16.6 Å². The molecule has 0 bridgehead atoms. The number of rotatable bonds is 4. The normalized spacial score (nSPS) is 10.0. The van der Waals surface area contributed by atoms with Crippen LogP contribution in [0.15, 0.2) is 35.3 Å². The van der Waals surface area contributed by atoms with Crippen LogP contribution in [0.4, 0.5) is 5.69 Å². The van der Waals surface area contributed by atoms with Gasteiger partial charge in [0, 0.05) is 12.3 Å². The highest BCUT2D eigenvalue weighted by atomic mass is 16.6. The SMILES string of the molecule is COc1cc(Cn2ccc(C)c(C#N)c2=O)ccc1[N+](=O)[O-]. The lowest BCUT2D eigenvalue weighted by molar-refractivity contribution is -0.385. The first-order chi connectivity index (χ1) is 10.5. The van der Waals surface area contributed by atoms with Crippen LogP contribution >= 0.6 is 0 Å². The first-order valence-corrected chi connectivity index (χ1v) is 6.39. The van der Waals surface area contributed by atoms with Gasteiger partial charge in [0.15, 0.2) is 5.75 Å². The third-order valence-electron chi connectivity index (χ3n) is 3.28. The van der Waals surface area contributed by atoms with Gasteiger partial charge in [0.2, 0.25) is 0 Å². The molecule has 0 aliphatic heterocycles. The van der Waals surface area contributed by atoms with Gasteiger partial charge in [0.05, 0.1) is 18.6 Å². The van der Waals surface area contributed by atoms with Crippen molar-refractivity contribution in [3.05, 3.63) is 67.6 Å². The summed E-state index contributed by atoms with van der Waals surface area (Å²) >= 11 is 0. The number of nitro groups is 1. The summed E-state index contributed by atoms with van der Waals surface area (Å²) in [6, 6.07) is 7.97. The van der Waals surface area contributed by atoms with Gasteiger partial charge in [-0.05, 0) is 30.2 Å². The Labute approximate surface area is 126 Å². The van der Waals surface area contributed by atoms with Gasteiger partial charge in [-0.2, -0.15) is 5.26 Å². The average molecular weight is 299 g/mol. The van der Waals surface area contributed by atoms with Crippen molar-refractivity contribution in [2.75, 3.05) is 7.11 Å². The average Bonchev–Trinajstić information content (AvgIpc) is 2.50. The molecule has 2 rings (SSSR count). The summed E-state index contributed by atoms with van der Waals surface area (Å²) in [6.07, 6.45) is 1.59. The van der Waals surface area contributed by atoms with Gasteiger partial charge in [0.1, 0.15) is 11.6 Å². The minimum absolute atomic E-state index is 0.0939. The van der Waals surface area contributed by atoms with Gasteiger partial charge in [-0.3, -0.25) is 14.9 Å². The van der Waals surface area contributed by atoms with E-state index in [9.17, 15) is 14.9 Å². The molecular formula is C15H13N3O4. The lowest BCUT2D eigenvalue weighted by Gasteiger charge is -2.09. The van der Waals surface area contributed by atoms with Gasteiger partial charge in [-0.25, -0.2) is 0 Å². The molecule has 0 N–H and O–H groups in total. The highest BCUT2D eigenvalue weighted by Crippen LogP contribution is 2.27. The highest BCUT2D eigenvalue weighted by molar-refractivity contribution is 5.48. The molecule has 0 saturated heterocycles. The Bertz CT molecular complexity index is 834. The number of nitriles is 1. The fourth-order valence-electron chi connectivity index (χ4n) is 2.09. The van der Waals surface area contributed by atoms with E-state index >= 15 is 0 Å². The maximum absolute atomic E-state index is 12.2. The van der Waals surface area contributed by atoms with Crippen LogP contribution in [0, 0.1) is 28.4 Å². The Morgan fingerprint density at radius 2 is 2.14 bits per heavy atom. The van der Waals surface area contributed by atoms with Crippen LogP contribution in [0.1, 0.15) is 16.7 Å². The van der Waals surface area contributed by atoms with Gasteiger partial charge in [0.25, 0.3) is 5.56 Å². The topological polar surface area (TPSA) is 98.2 Å². The lowest BCUT2D eigenvalue weighted by Crippen LogP contribution is -2.23. The summed E-state index contributed by atoms with van der Waals surface area (Å²) in [5, 5.41) is 19.9. The largest absolute Gasteiger partial charge is 0.490 e. The zero-order valence-corrected chi connectivity index (χ0v) is 12.1. The van der Waals surface area contributed by atoms with Crippen molar-refractivity contribution in [2.24, 2.45) is 0 Å². The predicted octanol–water partition coefficient (Wildman–Crippen LogP) is 1.99. The molecular weight excluding hydrogens is 286 g/mol. The van der Waals surface area contributed by atoms with Gasteiger partial charge in [-0.1, -0.05) is 6.07 Å². The van der Waals surface area contributed by atoms with Crippen LogP contribution < -0.4 is 10.3 Å². The number of aromatic nitrogens is 1. The summed E-state index contributed by atoms with van der Waals surface area (Å²) < 4.78 is 6.38. The second-order valence-electron chi connectivity index (χ2n) is 4.68. The first-order valence-electron chi connectivity index (χ1n) is 6.39. The van der Waals surface area contributed by atoms with E-state index in [2.05, 4.69) is 0 Å². The van der Waals surface area contributed by atoms with E-state index in [4.69, 9.17) is 10.00 Å². The monoisotopic (exact) mass is 299 g/mol. The number of hydrogen-bond acceptors (Lipinski definition) is 5. The van der Waals surface area contributed by atoms with Crippen molar-refractivity contribution in [2.45, 2.75) is 13.5 Å². The molecule has 0 atom stereocenters. The minimum atomic E-state index is -0.533. The number of methoxy groups -OCH3 is 1. The Kier molecular flexibility index (Phi) is 4.23. The molecule has 0 aliphatic rings. The zero-order chi connectivity index (χ0) is 16.3. The van der Waals surface area contributed by atoms with E-state index in [0.717, 1.165) is 0 Å². The molecule has 1 heterocycles. The van der Waals surface area contributed by atoms with Crippen LogP contribution in [0.5, 0.6) is 5.75 Å². The Morgan fingerprint density at radius 1 is 1.41 bits per heavy atom. The van der Waals surface area contributed by atoms with E-state index in [1.807, 2.05) is 6.07 Å². The van der Waals surface area contributed by atoms with Crippen molar-refractivity contribution in [1.82, 2.24) is 4.57 Å². The molecule has 112 valence electrons. The number of nitrogens with zero attached hydrogens (tertiary/aromatic N) is 3. The van der Waals surface area contributed by atoms with Crippen LogP contribution in [0.2, 0.25) is 0 Å². The van der Waals surface area contributed by atoms with Crippen molar-refractivity contribution < 1.29 is 9.66 Å². The predicted molar refractivity (Wildman–Crippen MR) is 78.9 cm³/mol. The highest BCUT2D eigenvalue weighted by Gasteiger charge is 2.15. The van der Waals surface area contributed by atoms with Crippen molar-refractivity contribution >= 4 is 5.69 Å². The Hall–Kier alpha value is -3.14. The summed E-state index contributed by atoms with van der Waals surface area (Å²) in [5.74, 6) is 0.128. The lowest BCUT2D eigenvalue weighted by atomic mass is 10.1. The Balaban J connectivity index is 2.43. The molecule has 22 heavy (non-hydrogen) atoms.